The molecule has 0 aliphatic carbocycles. The van der Waals surface area contributed by atoms with Gasteiger partial charge in [0.25, 0.3) is 0 Å². The Bertz CT molecular complexity index is 658. The van der Waals surface area contributed by atoms with Crippen molar-refractivity contribution in [2.45, 2.75) is 45.8 Å². The highest BCUT2D eigenvalue weighted by atomic mass is 16.5. The predicted octanol–water partition coefficient (Wildman–Crippen LogP) is 3.12. The maximum atomic E-state index is 12.2. The molecule has 2 aliphatic rings. The fraction of sp³-hybridized carbons (Fsp3) is 0.591. The van der Waals surface area contributed by atoms with Crippen LogP contribution in [0.3, 0.4) is 0 Å². The Labute approximate surface area is 162 Å². The van der Waals surface area contributed by atoms with Gasteiger partial charge in [-0.1, -0.05) is 6.07 Å². The van der Waals surface area contributed by atoms with Gasteiger partial charge in [0.15, 0.2) is 0 Å². The molecule has 1 aromatic rings. The van der Waals surface area contributed by atoms with E-state index in [9.17, 15) is 4.79 Å². The molecule has 5 nitrogen and oxygen atoms in total. The van der Waals surface area contributed by atoms with Crippen molar-refractivity contribution in [3.05, 3.63) is 35.4 Å². The molecule has 2 aliphatic heterocycles. The summed E-state index contributed by atoms with van der Waals surface area (Å²) in [4.78, 5) is 16.6. The Morgan fingerprint density at radius 3 is 2.52 bits per heavy atom. The Balaban J connectivity index is 1.54. The van der Waals surface area contributed by atoms with Crippen LogP contribution in [-0.2, 0) is 9.53 Å². The van der Waals surface area contributed by atoms with Gasteiger partial charge in [-0.15, -0.1) is 0 Å². The third-order valence-corrected chi connectivity index (χ3v) is 5.48. The Morgan fingerprint density at radius 1 is 1.19 bits per heavy atom. The predicted molar refractivity (Wildman–Crippen MR) is 108 cm³/mol. The van der Waals surface area contributed by atoms with E-state index in [-0.39, 0.29) is 5.91 Å². The number of morpholine rings is 1. The Morgan fingerprint density at radius 2 is 1.89 bits per heavy atom. The molecule has 5 heteroatoms. The number of carbonyl (C=O) groups is 1. The van der Waals surface area contributed by atoms with Crippen LogP contribution in [0.1, 0.15) is 37.8 Å². The van der Waals surface area contributed by atoms with Gasteiger partial charge in [0.1, 0.15) is 11.9 Å². The maximum absolute atomic E-state index is 12.2. The number of ether oxygens (including phenoxy) is 2. The maximum Gasteiger partial charge on any atom is 0.246 e. The normalized spacial score (nSPS) is 19.8. The first-order chi connectivity index (χ1) is 13.0. The van der Waals surface area contributed by atoms with Crippen LogP contribution in [0.4, 0.5) is 0 Å². The summed E-state index contributed by atoms with van der Waals surface area (Å²) in [6.45, 7) is 11.4. The smallest absolute Gasteiger partial charge is 0.246 e. The first kappa shape index (κ1) is 19.9. The number of nitrogens with zero attached hydrogens (tertiary/aromatic N) is 2. The van der Waals surface area contributed by atoms with Crippen molar-refractivity contribution in [3.8, 4) is 5.75 Å². The van der Waals surface area contributed by atoms with Gasteiger partial charge in [-0.3, -0.25) is 4.79 Å². The van der Waals surface area contributed by atoms with Crippen LogP contribution in [0.15, 0.2) is 24.3 Å². The molecule has 148 valence electrons. The van der Waals surface area contributed by atoms with E-state index in [1.807, 2.05) is 23.1 Å². The van der Waals surface area contributed by atoms with Gasteiger partial charge in [0.05, 0.1) is 13.2 Å². The zero-order chi connectivity index (χ0) is 19.2. The second kappa shape index (κ2) is 9.38. The van der Waals surface area contributed by atoms with E-state index in [4.69, 9.17) is 9.47 Å². The highest BCUT2D eigenvalue weighted by Crippen LogP contribution is 2.23. The molecule has 0 saturated carbocycles. The minimum Gasteiger partial charge on any atom is -0.490 e. The summed E-state index contributed by atoms with van der Waals surface area (Å²) in [6, 6.07) is 6.74. The third-order valence-electron chi connectivity index (χ3n) is 5.48. The van der Waals surface area contributed by atoms with E-state index in [1.54, 1.807) is 6.08 Å². The van der Waals surface area contributed by atoms with Gasteiger partial charge in [-0.05, 0) is 62.9 Å². The number of carbonyl (C=O) groups excluding carboxylic acids is 1. The topological polar surface area (TPSA) is 42.0 Å². The number of amides is 1. The Hall–Kier alpha value is -1.85. The van der Waals surface area contributed by atoms with Crippen molar-refractivity contribution in [1.82, 2.24) is 9.80 Å². The summed E-state index contributed by atoms with van der Waals surface area (Å²) in [6.07, 6.45) is 6.01. The van der Waals surface area contributed by atoms with Crippen LogP contribution < -0.4 is 4.74 Å². The zero-order valence-corrected chi connectivity index (χ0v) is 16.8. The monoisotopic (exact) mass is 372 g/mol. The van der Waals surface area contributed by atoms with Gasteiger partial charge in [-0.2, -0.15) is 0 Å². The fourth-order valence-corrected chi connectivity index (χ4v) is 3.66. The van der Waals surface area contributed by atoms with Crippen LogP contribution in [-0.4, -0.2) is 67.2 Å². The van der Waals surface area contributed by atoms with Crippen LogP contribution in [0, 0.1) is 6.92 Å². The van der Waals surface area contributed by atoms with Crippen molar-refractivity contribution in [2.75, 3.05) is 39.4 Å². The van der Waals surface area contributed by atoms with Crippen molar-refractivity contribution >= 4 is 12.0 Å². The SMILES string of the molecule is Cc1cc(OC2CCN(C(C)C)CC2)ccc1/C=C/C(=O)N1CCOCC1. The lowest BCUT2D eigenvalue weighted by Crippen LogP contribution is -2.41. The average molecular weight is 373 g/mol. The minimum absolute atomic E-state index is 0.0509. The van der Waals surface area contributed by atoms with E-state index in [0.717, 1.165) is 42.8 Å². The molecule has 0 bridgehead atoms. The summed E-state index contributed by atoms with van der Waals surface area (Å²) >= 11 is 0. The summed E-state index contributed by atoms with van der Waals surface area (Å²) in [5.41, 5.74) is 2.18. The molecule has 2 heterocycles. The number of piperidine rings is 1. The molecular formula is C22H32N2O3. The lowest BCUT2D eigenvalue weighted by Gasteiger charge is -2.34. The molecule has 0 radical (unpaired) electrons. The molecule has 1 aromatic carbocycles. The molecule has 1 amide bonds. The Kier molecular flexibility index (Phi) is 6.91. The number of benzene rings is 1. The number of aryl methyl sites for hydroxylation is 1. The average Bonchev–Trinajstić information content (AvgIpc) is 2.68. The molecule has 0 spiro atoms. The van der Waals surface area contributed by atoms with E-state index >= 15 is 0 Å². The quantitative estimate of drug-likeness (QED) is 0.745. The highest BCUT2D eigenvalue weighted by molar-refractivity contribution is 5.92. The van der Waals surface area contributed by atoms with Gasteiger partial charge in [0.2, 0.25) is 5.91 Å². The lowest BCUT2D eigenvalue weighted by molar-refractivity contribution is -0.129. The molecule has 2 saturated heterocycles. The molecule has 0 aromatic heterocycles. The van der Waals surface area contributed by atoms with Crippen molar-refractivity contribution in [2.24, 2.45) is 0 Å². The molecule has 2 fully saturated rings. The second-order valence-electron chi connectivity index (χ2n) is 7.74. The van der Waals surface area contributed by atoms with E-state index in [0.29, 0.717) is 38.4 Å². The first-order valence-electron chi connectivity index (χ1n) is 10.1. The molecule has 27 heavy (non-hydrogen) atoms. The number of rotatable bonds is 5. The summed E-state index contributed by atoms with van der Waals surface area (Å²) < 4.78 is 11.5. The van der Waals surface area contributed by atoms with E-state index in [1.165, 1.54) is 0 Å². The molecule has 0 atom stereocenters. The van der Waals surface area contributed by atoms with E-state index in [2.05, 4.69) is 31.7 Å². The summed E-state index contributed by atoms with van der Waals surface area (Å²) in [5, 5.41) is 0. The largest absolute Gasteiger partial charge is 0.490 e. The van der Waals surface area contributed by atoms with E-state index < -0.39 is 0 Å². The number of hydrogen-bond acceptors (Lipinski definition) is 4. The first-order valence-corrected chi connectivity index (χ1v) is 10.1. The van der Waals surface area contributed by atoms with Crippen LogP contribution in [0.5, 0.6) is 5.75 Å². The second-order valence-corrected chi connectivity index (χ2v) is 7.74. The summed E-state index contributed by atoms with van der Waals surface area (Å²) in [7, 11) is 0. The highest BCUT2D eigenvalue weighted by Gasteiger charge is 2.22. The molecule has 0 unspecified atom stereocenters. The van der Waals surface area contributed by atoms with Gasteiger partial charge in [0, 0.05) is 38.3 Å². The number of likely N-dealkylation sites (tertiary alicyclic amines) is 1. The van der Waals surface area contributed by atoms with Crippen LogP contribution in [0.25, 0.3) is 6.08 Å². The van der Waals surface area contributed by atoms with Crippen molar-refractivity contribution in [3.63, 3.8) is 0 Å². The third kappa shape index (κ3) is 5.56. The number of hydrogen-bond donors (Lipinski definition) is 0. The molecular weight excluding hydrogens is 340 g/mol. The zero-order valence-electron chi connectivity index (χ0n) is 16.8. The van der Waals surface area contributed by atoms with Gasteiger partial charge in [-0.25, -0.2) is 0 Å². The minimum atomic E-state index is 0.0509. The van der Waals surface area contributed by atoms with Crippen molar-refractivity contribution < 1.29 is 14.3 Å². The molecule has 3 rings (SSSR count). The van der Waals surface area contributed by atoms with Crippen LogP contribution in [0.2, 0.25) is 0 Å². The van der Waals surface area contributed by atoms with Gasteiger partial charge >= 0.3 is 0 Å². The van der Waals surface area contributed by atoms with Crippen LogP contribution >= 0.6 is 0 Å². The van der Waals surface area contributed by atoms with Crippen molar-refractivity contribution in [1.29, 1.82) is 0 Å². The molecule has 0 N–H and O–H groups in total. The standard InChI is InChI=1S/C22H32N2O3/c1-17(2)23-10-8-20(9-11-23)27-21-6-4-19(18(3)16-21)5-7-22(25)24-12-14-26-15-13-24/h4-7,16-17,20H,8-15H2,1-3H3/b7-5+. The fourth-order valence-electron chi connectivity index (χ4n) is 3.66. The van der Waals surface area contributed by atoms with Gasteiger partial charge < -0.3 is 19.3 Å². The lowest BCUT2D eigenvalue weighted by atomic mass is 10.1. The summed E-state index contributed by atoms with van der Waals surface area (Å²) in [5.74, 6) is 0.974.